The predicted octanol–water partition coefficient (Wildman–Crippen LogP) is 0.512. The van der Waals surface area contributed by atoms with E-state index in [0.717, 1.165) is 0 Å². The van der Waals surface area contributed by atoms with Crippen molar-refractivity contribution >= 4 is 17.6 Å². The predicted molar refractivity (Wildman–Crippen MR) is 67.1 cm³/mol. The fourth-order valence-electron chi connectivity index (χ4n) is 1.29. The van der Waals surface area contributed by atoms with Gasteiger partial charge >= 0.3 is 0 Å². The summed E-state index contributed by atoms with van der Waals surface area (Å²) in [4.78, 5) is 33.6. The van der Waals surface area contributed by atoms with E-state index in [1.165, 1.54) is 6.92 Å². The first kappa shape index (κ1) is 13.9. The summed E-state index contributed by atoms with van der Waals surface area (Å²) in [7, 11) is 0. The summed E-state index contributed by atoms with van der Waals surface area (Å²) in [6.07, 6.45) is 0.304. The normalized spacial score (nSPS) is 9.61. The molecule has 18 heavy (non-hydrogen) atoms. The molecule has 5 heteroatoms. The molecule has 1 rings (SSSR count). The van der Waals surface area contributed by atoms with Crippen LogP contribution in [0.1, 0.15) is 23.7 Å². The average molecular weight is 248 g/mol. The van der Waals surface area contributed by atoms with E-state index in [1.54, 1.807) is 24.3 Å². The fraction of sp³-hybridized carbons (Fsp3) is 0.308. The van der Waals surface area contributed by atoms with Crippen LogP contribution in [-0.4, -0.2) is 30.7 Å². The van der Waals surface area contributed by atoms with E-state index in [9.17, 15) is 14.4 Å². The van der Waals surface area contributed by atoms with Gasteiger partial charge in [0.05, 0.1) is 6.54 Å². The van der Waals surface area contributed by atoms with E-state index in [-0.39, 0.29) is 24.1 Å². The third kappa shape index (κ3) is 5.25. The van der Waals surface area contributed by atoms with Gasteiger partial charge in [-0.05, 0) is 19.1 Å². The Labute approximate surface area is 106 Å². The summed E-state index contributed by atoms with van der Waals surface area (Å²) in [5.74, 6) is -0.582. The van der Waals surface area contributed by atoms with E-state index < -0.39 is 0 Å². The largest absolute Gasteiger partial charge is 0.354 e. The van der Waals surface area contributed by atoms with E-state index in [2.05, 4.69) is 10.6 Å². The summed E-state index contributed by atoms with van der Waals surface area (Å²) >= 11 is 0. The van der Waals surface area contributed by atoms with E-state index in [0.29, 0.717) is 18.5 Å². The number of rotatable bonds is 6. The van der Waals surface area contributed by atoms with Crippen molar-refractivity contribution in [1.29, 1.82) is 0 Å². The number of hydrogen-bond donors (Lipinski definition) is 2. The van der Waals surface area contributed by atoms with Crippen molar-refractivity contribution in [2.75, 3.05) is 13.1 Å². The molecule has 0 radical (unpaired) electrons. The Balaban J connectivity index is 2.26. The van der Waals surface area contributed by atoms with Gasteiger partial charge in [0, 0.05) is 18.5 Å². The number of hydrogen-bond acceptors (Lipinski definition) is 3. The second-order valence-corrected chi connectivity index (χ2v) is 3.85. The molecule has 0 unspecified atom stereocenters. The molecule has 1 aromatic carbocycles. The van der Waals surface area contributed by atoms with E-state index in [1.807, 2.05) is 6.07 Å². The number of ketones is 1. The van der Waals surface area contributed by atoms with Crippen molar-refractivity contribution < 1.29 is 14.4 Å². The standard InChI is InChI=1S/C13H16N2O3/c1-10(16)7-8-14-12(17)9-15-13(18)11-5-3-2-4-6-11/h2-6H,7-9H2,1H3,(H,14,17)(H,15,18). The monoisotopic (exact) mass is 248 g/mol. The van der Waals surface area contributed by atoms with Crippen LogP contribution < -0.4 is 10.6 Å². The Hall–Kier alpha value is -2.17. The maximum Gasteiger partial charge on any atom is 0.251 e. The van der Waals surface area contributed by atoms with Gasteiger partial charge in [-0.15, -0.1) is 0 Å². The number of benzene rings is 1. The van der Waals surface area contributed by atoms with Crippen LogP contribution in [0.5, 0.6) is 0 Å². The van der Waals surface area contributed by atoms with Crippen molar-refractivity contribution in [3.63, 3.8) is 0 Å². The van der Waals surface area contributed by atoms with Crippen LogP contribution in [0, 0.1) is 0 Å². The second kappa shape index (κ2) is 7.21. The van der Waals surface area contributed by atoms with Crippen molar-refractivity contribution in [3.8, 4) is 0 Å². The molecule has 0 saturated heterocycles. The Kier molecular flexibility index (Phi) is 5.57. The lowest BCUT2D eigenvalue weighted by Crippen LogP contribution is -2.37. The third-order valence-corrected chi connectivity index (χ3v) is 2.24. The molecule has 0 atom stereocenters. The highest BCUT2D eigenvalue weighted by atomic mass is 16.2. The summed E-state index contributed by atoms with van der Waals surface area (Å²) in [5, 5.41) is 5.05. The summed E-state index contributed by atoms with van der Waals surface area (Å²) in [6, 6.07) is 8.65. The molecule has 0 spiro atoms. The average Bonchev–Trinajstić information content (AvgIpc) is 2.36. The lowest BCUT2D eigenvalue weighted by molar-refractivity contribution is -0.120. The van der Waals surface area contributed by atoms with Gasteiger partial charge in [0.25, 0.3) is 5.91 Å². The smallest absolute Gasteiger partial charge is 0.251 e. The molecule has 1 aromatic rings. The van der Waals surface area contributed by atoms with Gasteiger partial charge in [-0.25, -0.2) is 0 Å². The van der Waals surface area contributed by atoms with Crippen LogP contribution in [0.3, 0.4) is 0 Å². The van der Waals surface area contributed by atoms with Gasteiger partial charge in [-0.2, -0.15) is 0 Å². The first-order valence-corrected chi connectivity index (χ1v) is 5.69. The zero-order valence-electron chi connectivity index (χ0n) is 10.2. The third-order valence-electron chi connectivity index (χ3n) is 2.24. The van der Waals surface area contributed by atoms with Crippen LogP contribution >= 0.6 is 0 Å². The van der Waals surface area contributed by atoms with Gasteiger partial charge in [0.15, 0.2) is 0 Å². The van der Waals surface area contributed by atoms with Crippen LogP contribution in [0.4, 0.5) is 0 Å². The molecule has 2 amide bonds. The maximum absolute atomic E-state index is 11.6. The fourth-order valence-corrected chi connectivity index (χ4v) is 1.29. The van der Waals surface area contributed by atoms with E-state index in [4.69, 9.17) is 0 Å². The first-order chi connectivity index (χ1) is 8.59. The van der Waals surface area contributed by atoms with Crippen LogP contribution in [-0.2, 0) is 9.59 Å². The number of nitrogens with one attached hydrogen (secondary N) is 2. The molecular weight excluding hydrogens is 232 g/mol. The number of carbonyl (C=O) groups is 3. The Morgan fingerprint density at radius 2 is 1.72 bits per heavy atom. The molecule has 2 N–H and O–H groups in total. The summed E-state index contributed by atoms with van der Waals surface area (Å²) in [5.41, 5.74) is 0.508. The molecule has 0 aliphatic carbocycles. The number of carbonyl (C=O) groups excluding carboxylic acids is 3. The molecule has 96 valence electrons. The molecule has 0 heterocycles. The summed E-state index contributed by atoms with van der Waals surface area (Å²) in [6.45, 7) is 1.67. The van der Waals surface area contributed by atoms with Gasteiger partial charge < -0.3 is 10.6 Å². The minimum atomic E-state index is -0.305. The van der Waals surface area contributed by atoms with Crippen molar-refractivity contribution in [3.05, 3.63) is 35.9 Å². The molecule has 0 bridgehead atoms. The minimum absolute atomic E-state index is 0.0172. The number of Topliss-reactive ketones (excluding diaryl/α,β-unsaturated/α-hetero) is 1. The van der Waals surface area contributed by atoms with Gasteiger partial charge in [0.2, 0.25) is 5.91 Å². The SMILES string of the molecule is CC(=O)CCNC(=O)CNC(=O)c1ccccc1. The van der Waals surface area contributed by atoms with Gasteiger partial charge in [-0.3, -0.25) is 14.4 Å². The highest BCUT2D eigenvalue weighted by Gasteiger charge is 2.06. The zero-order valence-corrected chi connectivity index (χ0v) is 10.2. The van der Waals surface area contributed by atoms with E-state index >= 15 is 0 Å². The van der Waals surface area contributed by atoms with Crippen molar-refractivity contribution in [2.45, 2.75) is 13.3 Å². The maximum atomic E-state index is 11.6. The van der Waals surface area contributed by atoms with Gasteiger partial charge in [-0.1, -0.05) is 18.2 Å². The van der Waals surface area contributed by atoms with Crippen LogP contribution in [0.15, 0.2) is 30.3 Å². The highest BCUT2D eigenvalue weighted by molar-refractivity contribution is 5.96. The lowest BCUT2D eigenvalue weighted by Gasteiger charge is -2.06. The summed E-state index contributed by atoms with van der Waals surface area (Å²) < 4.78 is 0. The molecule has 5 nitrogen and oxygen atoms in total. The molecule has 0 aliphatic rings. The van der Waals surface area contributed by atoms with Crippen molar-refractivity contribution in [2.24, 2.45) is 0 Å². The molecule has 0 fully saturated rings. The molecule has 0 saturated carbocycles. The van der Waals surface area contributed by atoms with Crippen LogP contribution in [0.25, 0.3) is 0 Å². The Bertz CT molecular complexity index is 429. The molecule has 0 aliphatic heterocycles. The second-order valence-electron chi connectivity index (χ2n) is 3.85. The first-order valence-electron chi connectivity index (χ1n) is 5.69. The lowest BCUT2D eigenvalue weighted by atomic mass is 10.2. The van der Waals surface area contributed by atoms with Crippen molar-refractivity contribution in [1.82, 2.24) is 10.6 Å². The minimum Gasteiger partial charge on any atom is -0.354 e. The zero-order chi connectivity index (χ0) is 13.4. The number of amides is 2. The van der Waals surface area contributed by atoms with Crippen LogP contribution in [0.2, 0.25) is 0 Å². The highest BCUT2D eigenvalue weighted by Crippen LogP contribution is 1.97. The molecular formula is C13H16N2O3. The van der Waals surface area contributed by atoms with Gasteiger partial charge in [0.1, 0.15) is 5.78 Å². The topological polar surface area (TPSA) is 75.3 Å². The Morgan fingerprint density at radius 1 is 1.06 bits per heavy atom. The quantitative estimate of drug-likeness (QED) is 0.770. The molecule has 0 aromatic heterocycles. The Morgan fingerprint density at radius 3 is 2.33 bits per heavy atom.